The molecule has 0 saturated heterocycles. The Labute approximate surface area is 446 Å². The summed E-state index contributed by atoms with van der Waals surface area (Å²) in [5.41, 5.74) is 18.0. The third kappa shape index (κ3) is 24.7. The highest BCUT2D eigenvalue weighted by Gasteiger charge is 2.07. The quantitative estimate of drug-likeness (QED) is 0.122. The van der Waals surface area contributed by atoms with E-state index in [4.69, 9.17) is 5.73 Å². The molecule has 0 amide bonds. The summed E-state index contributed by atoms with van der Waals surface area (Å²) in [6.45, 7) is 51.5. The standard InChI is InChI=1S/C18H22.C17H21N.C12H16.C8H14.4C4H10/c1-5-13-9-11-18-16(8-4)14(6-2)10-12-17(18)15(13)7-3;1-5-12-10-11(4)17-14(7-3)16(18)9-8-15(17)13(12)6-2;1-5-11-7-10(4)12(6-2)8-9(11)3;1-5-7(3)8(4)6-2;4*1-3-4-2/h7-12H,5-6H2,1-4H3;6-10H,5,18H2,1-4H3;5-8H,1-4H3;5-6H,1-4H3;4*3-4H2,1-2H3/b15-7+,16-8+;13-6+,14-7-;11-5-,12-6-;7-5-,8-6-;;;;. The number of nitrogen functional groups attached to an aromatic ring is 1. The fourth-order valence-electron chi connectivity index (χ4n) is 7.59. The lowest BCUT2D eigenvalue weighted by Crippen LogP contribution is -2.17. The van der Waals surface area contributed by atoms with Crippen molar-refractivity contribution in [1.82, 2.24) is 0 Å². The van der Waals surface area contributed by atoms with E-state index in [1.54, 1.807) is 0 Å². The number of nitrogens with two attached hydrogens (primary N) is 1. The zero-order chi connectivity index (χ0) is 55.8. The highest BCUT2D eigenvalue weighted by atomic mass is 14.5. The van der Waals surface area contributed by atoms with Gasteiger partial charge < -0.3 is 5.73 Å². The molecule has 72 heavy (non-hydrogen) atoms. The van der Waals surface area contributed by atoms with Crippen LogP contribution in [0.2, 0.25) is 0 Å². The summed E-state index contributed by atoms with van der Waals surface area (Å²) in [6, 6.07) is 20.1. The maximum atomic E-state index is 6.09. The molecule has 0 saturated carbocycles. The van der Waals surface area contributed by atoms with Crippen LogP contribution in [0.1, 0.15) is 230 Å². The lowest BCUT2D eigenvalue weighted by molar-refractivity contribution is 0.886. The molecule has 0 aliphatic carbocycles. The van der Waals surface area contributed by atoms with E-state index in [-0.39, 0.29) is 0 Å². The van der Waals surface area contributed by atoms with Crippen LogP contribution >= 0.6 is 0 Å². The second kappa shape index (κ2) is 43.7. The average Bonchev–Trinajstić information content (AvgIpc) is 3.42. The van der Waals surface area contributed by atoms with Crippen molar-refractivity contribution in [1.29, 1.82) is 0 Å². The fourth-order valence-corrected chi connectivity index (χ4v) is 7.59. The first-order valence-electron chi connectivity index (χ1n) is 28.5. The number of aryl methyl sites for hydroxylation is 6. The minimum atomic E-state index is 0.861. The number of benzene rings is 5. The molecule has 2 N–H and O–H groups in total. The summed E-state index contributed by atoms with van der Waals surface area (Å²) in [7, 11) is 0. The Balaban J connectivity index is -0.000000821. The topological polar surface area (TPSA) is 26.0 Å². The predicted molar refractivity (Wildman–Crippen MR) is 341 cm³/mol. The highest BCUT2D eigenvalue weighted by Crippen LogP contribution is 2.16. The first-order valence-corrected chi connectivity index (χ1v) is 28.5. The van der Waals surface area contributed by atoms with Crippen molar-refractivity contribution in [2.45, 2.75) is 237 Å². The molecule has 0 aliphatic rings. The van der Waals surface area contributed by atoms with E-state index in [1.807, 2.05) is 13.0 Å². The first-order chi connectivity index (χ1) is 34.5. The van der Waals surface area contributed by atoms with E-state index in [1.165, 1.54) is 144 Å². The Morgan fingerprint density at radius 1 is 0.361 bits per heavy atom. The number of hydrogen-bond acceptors (Lipinski definition) is 1. The number of allylic oxidation sites excluding steroid dienone is 4. The zero-order valence-electron chi connectivity index (χ0n) is 51.7. The van der Waals surface area contributed by atoms with Gasteiger partial charge in [0.05, 0.1) is 0 Å². The smallest absolute Gasteiger partial charge is 0.0390 e. The van der Waals surface area contributed by atoms with Crippen LogP contribution in [0, 0.1) is 20.8 Å². The average molecular weight is 981 g/mol. The van der Waals surface area contributed by atoms with Gasteiger partial charge in [0.2, 0.25) is 0 Å². The van der Waals surface area contributed by atoms with Gasteiger partial charge >= 0.3 is 0 Å². The molecule has 402 valence electrons. The SMILES string of the molecule is C/C=C(C)\C(C)=C/C.C/C=c1/cc(C)/c(=C\C)cc1C.C/C=c1\c(CC)cc(C)c2/c(=C\C)c(N)ccc12.C/C=c1\c(CC)ccc2/c(=C/C)c(CC)ccc12.CCCC.CCCC.CCCC.CCCC. The molecular formula is C71H113N. The van der Waals surface area contributed by atoms with Crippen molar-refractivity contribution in [2.24, 2.45) is 0 Å². The van der Waals surface area contributed by atoms with Crippen molar-refractivity contribution in [2.75, 3.05) is 5.73 Å². The van der Waals surface area contributed by atoms with Crippen molar-refractivity contribution in [3.05, 3.63) is 143 Å². The van der Waals surface area contributed by atoms with E-state index in [9.17, 15) is 0 Å². The van der Waals surface area contributed by atoms with Crippen LogP contribution in [0.15, 0.2) is 77.9 Å². The van der Waals surface area contributed by atoms with Crippen LogP contribution < -0.4 is 37.0 Å². The maximum Gasteiger partial charge on any atom is 0.0390 e. The van der Waals surface area contributed by atoms with Crippen molar-refractivity contribution in [3.63, 3.8) is 0 Å². The van der Waals surface area contributed by atoms with Crippen molar-refractivity contribution < 1.29 is 0 Å². The zero-order valence-corrected chi connectivity index (χ0v) is 51.7. The predicted octanol–water partition coefficient (Wildman–Crippen LogP) is 18.5. The molecule has 0 spiro atoms. The van der Waals surface area contributed by atoms with E-state index in [0.717, 1.165) is 30.2 Å². The van der Waals surface area contributed by atoms with Gasteiger partial charge in [-0.25, -0.2) is 0 Å². The highest BCUT2D eigenvalue weighted by molar-refractivity contribution is 5.91. The fraction of sp³-hybridized carbons (Fsp3) is 0.493. The number of hydrogen-bond donors (Lipinski definition) is 1. The molecule has 0 fully saturated rings. The molecule has 0 unspecified atom stereocenters. The molecule has 1 nitrogen and oxygen atoms in total. The van der Waals surface area contributed by atoms with Gasteiger partial charge in [-0.2, -0.15) is 0 Å². The van der Waals surface area contributed by atoms with Gasteiger partial charge in [0, 0.05) is 10.9 Å². The molecule has 0 aliphatic heterocycles. The summed E-state index contributed by atoms with van der Waals surface area (Å²) in [4.78, 5) is 0. The molecule has 0 atom stereocenters. The van der Waals surface area contributed by atoms with Crippen LogP contribution in [-0.4, -0.2) is 0 Å². The molecule has 0 aromatic heterocycles. The van der Waals surface area contributed by atoms with E-state index < -0.39 is 0 Å². The lowest BCUT2D eigenvalue weighted by Gasteiger charge is -2.10. The molecule has 1 heteroatoms. The molecular weight excluding hydrogens is 867 g/mol. The number of unbranched alkanes of at least 4 members (excludes halogenated alkanes) is 4. The molecule has 5 aromatic carbocycles. The summed E-state index contributed by atoms with van der Waals surface area (Å²) in [5.74, 6) is 0. The number of fused-ring (bicyclic) bond motifs is 2. The van der Waals surface area contributed by atoms with Gasteiger partial charge in [0.1, 0.15) is 0 Å². The van der Waals surface area contributed by atoms with Gasteiger partial charge in [-0.15, -0.1) is 0 Å². The Bertz CT molecular complexity index is 2560. The number of rotatable bonds is 8. The monoisotopic (exact) mass is 980 g/mol. The van der Waals surface area contributed by atoms with E-state index >= 15 is 0 Å². The van der Waals surface area contributed by atoms with Crippen LogP contribution in [-0.2, 0) is 19.3 Å². The van der Waals surface area contributed by atoms with Gasteiger partial charge in [0.25, 0.3) is 0 Å². The Hall–Kier alpha value is -4.88. The Morgan fingerprint density at radius 2 is 0.667 bits per heavy atom. The van der Waals surface area contributed by atoms with Crippen molar-refractivity contribution in [3.8, 4) is 0 Å². The van der Waals surface area contributed by atoms with Crippen LogP contribution in [0.4, 0.5) is 5.69 Å². The molecule has 5 rings (SSSR count). The summed E-state index contributed by atoms with van der Waals surface area (Å²) < 4.78 is 0. The molecule has 0 bridgehead atoms. The van der Waals surface area contributed by atoms with Gasteiger partial charge in [0.15, 0.2) is 0 Å². The lowest BCUT2D eigenvalue weighted by atomic mass is 9.95. The van der Waals surface area contributed by atoms with E-state index in [0.29, 0.717) is 0 Å². The second-order valence-electron chi connectivity index (χ2n) is 18.4. The Morgan fingerprint density at radius 3 is 0.931 bits per heavy atom. The normalized spacial score (nSPS) is 12.4. The van der Waals surface area contributed by atoms with Crippen LogP contribution in [0.25, 0.3) is 58.0 Å². The minimum Gasteiger partial charge on any atom is -0.398 e. The van der Waals surface area contributed by atoms with Gasteiger partial charge in [-0.1, -0.05) is 236 Å². The van der Waals surface area contributed by atoms with Crippen LogP contribution in [0.5, 0.6) is 0 Å². The largest absolute Gasteiger partial charge is 0.398 e. The summed E-state index contributed by atoms with van der Waals surface area (Å²) >= 11 is 0. The third-order valence-corrected chi connectivity index (χ3v) is 13.2. The van der Waals surface area contributed by atoms with Crippen molar-refractivity contribution >= 4 is 63.7 Å². The number of anilines is 1. The maximum absolute atomic E-state index is 6.09. The Kier molecular flexibility index (Phi) is 43.3. The summed E-state index contributed by atoms with van der Waals surface area (Å²) in [6.07, 6.45) is 31.2. The van der Waals surface area contributed by atoms with Gasteiger partial charge in [-0.3, -0.25) is 0 Å². The molecule has 0 heterocycles. The van der Waals surface area contributed by atoms with Gasteiger partial charge in [-0.05, 0) is 196 Å². The first kappa shape index (κ1) is 71.4. The molecule has 5 aromatic rings. The summed E-state index contributed by atoms with van der Waals surface area (Å²) in [5, 5.41) is 13.4. The minimum absolute atomic E-state index is 0.861. The van der Waals surface area contributed by atoms with E-state index in [2.05, 4.69) is 256 Å². The second-order valence-corrected chi connectivity index (χ2v) is 18.4. The van der Waals surface area contributed by atoms with Crippen LogP contribution in [0.3, 0.4) is 0 Å². The third-order valence-electron chi connectivity index (χ3n) is 13.2. The molecule has 0 radical (unpaired) electrons.